The predicted molar refractivity (Wildman–Crippen MR) is 111 cm³/mol. The summed E-state index contributed by atoms with van der Waals surface area (Å²) in [4.78, 5) is 13.6. The van der Waals surface area contributed by atoms with Crippen molar-refractivity contribution >= 4 is 5.91 Å². The van der Waals surface area contributed by atoms with E-state index in [9.17, 15) is 13.6 Å². The van der Waals surface area contributed by atoms with Gasteiger partial charge in [-0.2, -0.15) is 0 Å². The molecule has 1 aromatic carbocycles. The molecule has 3 atom stereocenters. The van der Waals surface area contributed by atoms with Crippen LogP contribution in [0.3, 0.4) is 0 Å². The quantitative estimate of drug-likeness (QED) is 0.650. The van der Waals surface area contributed by atoms with Gasteiger partial charge in [-0.1, -0.05) is 18.2 Å². The Morgan fingerprint density at radius 3 is 2.70 bits per heavy atom. The van der Waals surface area contributed by atoms with Crippen LogP contribution in [0.1, 0.15) is 44.7 Å². The van der Waals surface area contributed by atoms with E-state index in [1.165, 1.54) is 6.92 Å². The van der Waals surface area contributed by atoms with Gasteiger partial charge < -0.3 is 14.8 Å². The van der Waals surface area contributed by atoms with Gasteiger partial charge in [-0.25, -0.2) is 8.78 Å². The third kappa shape index (κ3) is 6.55. The Hall–Kier alpha value is -2.41. The molecule has 164 valence electrons. The fourth-order valence-corrected chi connectivity index (χ4v) is 3.80. The van der Waals surface area contributed by atoms with Crippen LogP contribution >= 0.6 is 0 Å². The van der Waals surface area contributed by atoms with Gasteiger partial charge in [0.05, 0.1) is 12.6 Å². The van der Waals surface area contributed by atoms with Gasteiger partial charge in [0.25, 0.3) is 0 Å². The number of amides is 1. The second-order valence-corrected chi connectivity index (χ2v) is 7.81. The first-order valence-electron chi connectivity index (χ1n) is 10.5. The van der Waals surface area contributed by atoms with Gasteiger partial charge in [-0.05, 0) is 49.6 Å². The van der Waals surface area contributed by atoms with Crippen molar-refractivity contribution in [2.24, 2.45) is 0 Å². The highest BCUT2D eigenvalue weighted by Gasteiger charge is 2.29. The number of carbonyl (C=O) groups excluding carboxylic acids is 1. The van der Waals surface area contributed by atoms with Gasteiger partial charge in [0.15, 0.2) is 0 Å². The summed E-state index contributed by atoms with van der Waals surface area (Å²) in [5.41, 5.74) is 1.04. The van der Waals surface area contributed by atoms with Crippen LogP contribution in [-0.4, -0.2) is 49.1 Å². The number of alkyl halides is 2. The second-order valence-electron chi connectivity index (χ2n) is 7.81. The maximum absolute atomic E-state index is 12.2. The Balaban J connectivity index is 1.43. The molecule has 1 amide bonds. The van der Waals surface area contributed by atoms with Crippen molar-refractivity contribution in [2.75, 3.05) is 19.7 Å². The second kappa shape index (κ2) is 10.6. The lowest BCUT2D eigenvalue weighted by molar-refractivity contribution is -0.119. The van der Waals surface area contributed by atoms with E-state index in [0.717, 1.165) is 37.2 Å². The highest BCUT2D eigenvalue weighted by Crippen LogP contribution is 2.25. The van der Waals surface area contributed by atoms with Crippen LogP contribution in [0.25, 0.3) is 0 Å². The smallest absolute Gasteiger partial charge is 0.241 e. The van der Waals surface area contributed by atoms with E-state index in [1.807, 2.05) is 43.3 Å². The van der Waals surface area contributed by atoms with Crippen molar-refractivity contribution in [1.29, 1.82) is 0 Å². The van der Waals surface area contributed by atoms with Crippen LogP contribution in [0.4, 0.5) is 8.78 Å². The van der Waals surface area contributed by atoms with Crippen LogP contribution in [-0.2, 0) is 9.53 Å². The molecule has 1 aliphatic carbocycles. The lowest BCUT2D eigenvalue weighted by atomic mass is 10.1. The number of ether oxygens (including phenoxy) is 2. The van der Waals surface area contributed by atoms with Crippen LogP contribution in [0.2, 0.25) is 0 Å². The summed E-state index contributed by atoms with van der Waals surface area (Å²) in [6, 6.07) is 8.10. The number of rotatable bonds is 9. The molecule has 7 heteroatoms. The van der Waals surface area contributed by atoms with Crippen LogP contribution in [0, 0.1) is 0 Å². The first-order valence-corrected chi connectivity index (χ1v) is 10.5. The van der Waals surface area contributed by atoms with E-state index in [4.69, 9.17) is 9.47 Å². The number of nitrogens with one attached hydrogen (secondary N) is 1. The van der Waals surface area contributed by atoms with Crippen molar-refractivity contribution < 1.29 is 23.0 Å². The Morgan fingerprint density at radius 1 is 1.30 bits per heavy atom. The largest absolute Gasteiger partial charge is 0.494 e. The summed E-state index contributed by atoms with van der Waals surface area (Å²) in [7, 11) is 0. The van der Waals surface area contributed by atoms with Crippen LogP contribution in [0.15, 0.2) is 48.3 Å². The summed E-state index contributed by atoms with van der Waals surface area (Å²) in [6.07, 6.45) is 5.25. The number of nitrogens with zero attached hydrogens (tertiary/aromatic N) is 1. The number of hydrogen-bond donors (Lipinski definition) is 1. The van der Waals surface area contributed by atoms with Gasteiger partial charge in [0, 0.05) is 32.5 Å². The highest BCUT2D eigenvalue weighted by atomic mass is 19.3. The molecule has 1 fully saturated rings. The van der Waals surface area contributed by atoms with E-state index in [-0.39, 0.29) is 37.1 Å². The van der Waals surface area contributed by atoms with Crippen molar-refractivity contribution in [2.45, 2.75) is 57.7 Å². The molecule has 3 unspecified atom stereocenters. The van der Waals surface area contributed by atoms with E-state index < -0.39 is 6.43 Å². The fourth-order valence-electron chi connectivity index (χ4n) is 3.80. The number of allylic oxidation sites excluding steroid dienone is 1. The summed E-state index contributed by atoms with van der Waals surface area (Å²) in [6.45, 7) is 5.30. The van der Waals surface area contributed by atoms with Crippen molar-refractivity contribution in [3.05, 3.63) is 53.8 Å². The molecule has 0 radical (unpaired) electrons. The zero-order valence-electron chi connectivity index (χ0n) is 17.5. The Kier molecular flexibility index (Phi) is 7.85. The molecule has 0 bridgehead atoms. The topological polar surface area (TPSA) is 50.8 Å². The lowest BCUT2D eigenvalue weighted by Gasteiger charge is -2.26. The Bertz CT molecular complexity index is 764. The van der Waals surface area contributed by atoms with Crippen molar-refractivity contribution in [3.8, 4) is 5.75 Å². The molecule has 5 nitrogen and oxygen atoms in total. The van der Waals surface area contributed by atoms with Crippen molar-refractivity contribution in [1.82, 2.24) is 10.2 Å². The Labute approximate surface area is 176 Å². The number of benzene rings is 1. The van der Waals surface area contributed by atoms with E-state index in [0.29, 0.717) is 5.76 Å². The summed E-state index contributed by atoms with van der Waals surface area (Å²) < 4.78 is 35.9. The molecule has 0 spiro atoms. The number of carbonyl (C=O) groups is 1. The Morgan fingerprint density at radius 2 is 2.07 bits per heavy atom. The maximum atomic E-state index is 12.2. The average molecular weight is 421 g/mol. The summed E-state index contributed by atoms with van der Waals surface area (Å²) >= 11 is 0. The van der Waals surface area contributed by atoms with E-state index in [2.05, 4.69) is 16.3 Å². The maximum Gasteiger partial charge on any atom is 0.241 e. The molecule has 1 aliphatic heterocycles. The monoisotopic (exact) mass is 420 g/mol. The highest BCUT2D eigenvalue weighted by molar-refractivity contribution is 5.73. The first-order chi connectivity index (χ1) is 14.4. The number of likely N-dealkylation sites (tertiary alicyclic amines) is 1. The fraction of sp³-hybridized carbons (Fsp3) is 0.522. The summed E-state index contributed by atoms with van der Waals surface area (Å²) in [5.74, 6) is 1.45. The molecular weight excluding hydrogens is 390 g/mol. The van der Waals surface area contributed by atoms with Crippen LogP contribution < -0.4 is 10.1 Å². The minimum absolute atomic E-state index is 0.0334. The van der Waals surface area contributed by atoms with Gasteiger partial charge in [-0.15, -0.1) is 0 Å². The van der Waals surface area contributed by atoms with Gasteiger partial charge in [-0.3, -0.25) is 9.69 Å². The third-order valence-electron chi connectivity index (χ3n) is 5.40. The normalized spacial score (nSPS) is 22.6. The molecule has 0 saturated carbocycles. The third-order valence-corrected chi connectivity index (χ3v) is 5.40. The average Bonchev–Trinajstić information content (AvgIpc) is 3.17. The first kappa shape index (κ1) is 22.3. The number of hydrogen-bond acceptors (Lipinski definition) is 4. The van der Waals surface area contributed by atoms with Gasteiger partial charge in [0.2, 0.25) is 12.3 Å². The van der Waals surface area contributed by atoms with Crippen molar-refractivity contribution in [3.63, 3.8) is 0 Å². The SMILES string of the molecule is CC(=O)NC(C)c1ccc(OC2CCN(C3C=CC(OCCC(F)F)=CC3)C2)cc1. The molecule has 0 aromatic heterocycles. The van der Waals surface area contributed by atoms with Gasteiger partial charge in [0.1, 0.15) is 17.6 Å². The standard InChI is InChI=1S/C23H30F2N2O3/c1-16(26-17(2)28)18-3-7-21(8-4-18)30-22-11-13-27(15-22)19-5-9-20(10-6-19)29-14-12-23(24)25/h3-5,7-10,16,19,22-23H,6,11-15H2,1-2H3,(H,26,28). The summed E-state index contributed by atoms with van der Waals surface area (Å²) in [5, 5.41) is 2.87. The predicted octanol–water partition coefficient (Wildman–Crippen LogP) is 4.22. The van der Waals surface area contributed by atoms with Crippen LogP contribution in [0.5, 0.6) is 5.75 Å². The zero-order valence-corrected chi connectivity index (χ0v) is 17.5. The molecule has 2 aliphatic rings. The van der Waals surface area contributed by atoms with E-state index in [1.54, 1.807) is 0 Å². The lowest BCUT2D eigenvalue weighted by Crippen LogP contribution is -2.34. The molecular formula is C23H30F2N2O3. The zero-order chi connectivity index (χ0) is 21.5. The molecule has 1 N–H and O–H groups in total. The minimum atomic E-state index is -2.33. The molecule has 1 heterocycles. The molecule has 1 saturated heterocycles. The molecule has 3 rings (SSSR count). The number of halogens is 2. The molecule has 1 aromatic rings. The van der Waals surface area contributed by atoms with Gasteiger partial charge >= 0.3 is 0 Å². The minimum Gasteiger partial charge on any atom is -0.494 e. The van der Waals surface area contributed by atoms with E-state index >= 15 is 0 Å². The molecule has 30 heavy (non-hydrogen) atoms.